The van der Waals surface area contributed by atoms with Crippen LogP contribution in [-0.4, -0.2) is 39.9 Å². The molecule has 0 aromatic carbocycles. The number of fused-ring (bicyclic) bond motifs is 2. The van der Waals surface area contributed by atoms with Crippen LogP contribution in [0.2, 0.25) is 0 Å². The van der Waals surface area contributed by atoms with Gasteiger partial charge in [-0.3, -0.25) is 0 Å². The molecule has 5 atom stereocenters. The Labute approximate surface area is 71.1 Å². The van der Waals surface area contributed by atoms with Crippen molar-refractivity contribution < 1.29 is 19.7 Å². The van der Waals surface area contributed by atoms with Crippen LogP contribution in [0.5, 0.6) is 0 Å². The summed E-state index contributed by atoms with van der Waals surface area (Å²) in [7, 11) is 0. The third-order valence-electron chi connectivity index (χ3n) is 3.18. The molecule has 0 amide bonds. The van der Waals surface area contributed by atoms with Crippen LogP contribution in [0.15, 0.2) is 0 Å². The highest BCUT2D eigenvalue weighted by molar-refractivity contribution is 5.13. The number of hydrogen-bond donors (Lipinski definition) is 2. The summed E-state index contributed by atoms with van der Waals surface area (Å²) < 4.78 is 10.7. The van der Waals surface area contributed by atoms with Gasteiger partial charge in [0.25, 0.3) is 0 Å². The number of hydrogen-bond acceptors (Lipinski definition) is 4. The largest absolute Gasteiger partial charge is 0.387 e. The second-order valence-electron chi connectivity index (χ2n) is 4.00. The molecule has 2 rings (SSSR count). The van der Waals surface area contributed by atoms with Gasteiger partial charge in [-0.2, -0.15) is 0 Å². The summed E-state index contributed by atoms with van der Waals surface area (Å²) in [6, 6.07) is 0. The summed E-state index contributed by atoms with van der Waals surface area (Å²) in [5, 5.41) is 19.2. The van der Waals surface area contributed by atoms with E-state index in [9.17, 15) is 10.2 Å². The highest BCUT2D eigenvalue weighted by Gasteiger charge is 2.69. The molecular formula is C8H14O4. The lowest BCUT2D eigenvalue weighted by Gasteiger charge is -2.33. The lowest BCUT2D eigenvalue weighted by Crippen LogP contribution is -2.45. The van der Waals surface area contributed by atoms with E-state index < -0.39 is 23.6 Å². The van der Waals surface area contributed by atoms with Crippen molar-refractivity contribution in [1.82, 2.24) is 0 Å². The molecule has 2 aliphatic rings. The standard InChI is InChI=1S/C8H14O4/c1-4-7(2)5(9)8(3,11-4)6(10)12-7/h4-6,9-10H,1-3H3/t4-,5-,6?,7+,8-/m1/s1. The van der Waals surface area contributed by atoms with Crippen LogP contribution in [0.3, 0.4) is 0 Å². The van der Waals surface area contributed by atoms with Gasteiger partial charge >= 0.3 is 0 Å². The maximum absolute atomic E-state index is 9.78. The normalized spacial score (nSPS) is 64.2. The van der Waals surface area contributed by atoms with E-state index in [0.29, 0.717) is 0 Å². The quantitative estimate of drug-likeness (QED) is 0.526. The van der Waals surface area contributed by atoms with Crippen molar-refractivity contribution in [2.24, 2.45) is 0 Å². The Morgan fingerprint density at radius 3 is 1.92 bits per heavy atom. The lowest BCUT2D eigenvalue weighted by molar-refractivity contribution is -0.271. The van der Waals surface area contributed by atoms with Crippen LogP contribution in [-0.2, 0) is 9.47 Å². The Bertz CT molecular complexity index is 197. The van der Waals surface area contributed by atoms with Gasteiger partial charge < -0.3 is 19.7 Å². The SMILES string of the molecule is C[C@H]1O[C@@]2(C)C(O)O[C@]1(C)[C@H]2O. The predicted molar refractivity (Wildman–Crippen MR) is 40.5 cm³/mol. The number of aliphatic hydroxyl groups excluding tert-OH is 2. The third-order valence-corrected chi connectivity index (χ3v) is 3.18. The van der Waals surface area contributed by atoms with Gasteiger partial charge in [0.1, 0.15) is 17.3 Å². The van der Waals surface area contributed by atoms with Crippen molar-refractivity contribution in [2.45, 2.75) is 50.5 Å². The van der Waals surface area contributed by atoms with E-state index in [-0.39, 0.29) is 6.10 Å². The molecule has 0 saturated carbocycles. The Morgan fingerprint density at radius 1 is 1.08 bits per heavy atom. The second kappa shape index (κ2) is 2.01. The minimum absolute atomic E-state index is 0.180. The molecule has 0 aromatic heterocycles. The van der Waals surface area contributed by atoms with Gasteiger partial charge in [0.05, 0.1) is 6.10 Å². The summed E-state index contributed by atoms with van der Waals surface area (Å²) >= 11 is 0. The molecule has 0 spiro atoms. The molecule has 2 N–H and O–H groups in total. The molecular weight excluding hydrogens is 160 g/mol. The van der Waals surface area contributed by atoms with E-state index in [1.165, 1.54) is 0 Å². The topological polar surface area (TPSA) is 58.9 Å². The Balaban J connectivity index is 2.40. The van der Waals surface area contributed by atoms with Gasteiger partial charge in [-0.1, -0.05) is 0 Å². The molecule has 1 unspecified atom stereocenters. The minimum atomic E-state index is -1.02. The van der Waals surface area contributed by atoms with Crippen LogP contribution >= 0.6 is 0 Å². The molecule has 2 saturated heterocycles. The van der Waals surface area contributed by atoms with Crippen LogP contribution < -0.4 is 0 Å². The van der Waals surface area contributed by atoms with Crippen molar-refractivity contribution in [3.63, 3.8) is 0 Å². The Morgan fingerprint density at radius 2 is 1.67 bits per heavy atom. The predicted octanol–water partition coefficient (Wildman–Crippen LogP) is -0.368. The highest BCUT2D eigenvalue weighted by Crippen LogP contribution is 2.49. The zero-order chi connectivity index (χ0) is 9.15. The fraction of sp³-hybridized carbons (Fsp3) is 1.00. The summed E-state index contributed by atoms with van der Waals surface area (Å²) in [4.78, 5) is 0. The van der Waals surface area contributed by atoms with Gasteiger partial charge in [-0.25, -0.2) is 0 Å². The van der Waals surface area contributed by atoms with Crippen molar-refractivity contribution in [3.05, 3.63) is 0 Å². The van der Waals surface area contributed by atoms with Crippen LogP contribution in [0.1, 0.15) is 20.8 Å². The molecule has 0 aromatic rings. The minimum Gasteiger partial charge on any atom is -0.387 e. The Hall–Kier alpha value is -0.160. The fourth-order valence-corrected chi connectivity index (χ4v) is 2.06. The average molecular weight is 174 g/mol. The van der Waals surface area contributed by atoms with Gasteiger partial charge in [0.15, 0.2) is 6.29 Å². The molecule has 2 aliphatic heterocycles. The van der Waals surface area contributed by atoms with Crippen LogP contribution in [0, 0.1) is 0 Å². The molecule has 4 nitrogen and oxygen atoms in total. The van der Waals surface area contributed by atoms with E-state index in [2.05, 4.69) is 0 Å². The Kier molecular flexibility index (Phi) is 1.41. The van der Waals surface area contributed by atoms with Crippen molar-refractivity contribution in [2.75, 3.05) is 0 Å². The zero-order valence-electron chi connectivity index (χ0n) is 7.44. The zero-order valence-corrected chi connectivity index (χ0v) is 7.44. The monoisotopic (exact) mass is 174 g/mol. The van der Waals surface area contributed by atoms with Gasteiger partial charge in [0, 0.05) is 0 Å². The van der Waals surface area contributed by atoms with Crippen molar-refractivity contribution >= 4 is 0 Å². The van der Waals surface area contributed by atoms with Crippen LogP contribution in [0.4, 0.5) is 0 Å². The van der Waals surface area contributed by atoms with E-state index in [4.69, 9.17) is 9.47 Å². The van der Waals surface area contributed by atoms with E-state index in [1.807, 2.05) is 6.92 Å². The lowest BCUT2D eigenvalue weighted by atomic mass is 9.90. The number of ether oxygens (including phenoxy) is 2. The smallest absolute Gasteiger partial charge is 0.187 e. The molecule has 70 valence electrons. The molecule has 0 radical (unpaired) electrons. The highest BCUT2D eigenvalue weighted by atomic mass is 16.7. The molecule has 2 bridgehead atoms. The third kappa shape index (κ3) is 0.671. The summed E-state index contributed by atoms with van der Waals surface area (Å²) in [6.07, 6.45) is -1.95. The van der Waals surface area contributed by atoms with Crippen molar-refractivity contribution in [3.8, 4) is 0 Å². The van der Waals surface area contributed by atoms with Gasteiger partial charge in [-0.15, -0.1) is 0 Å². The second-order valence-corrected chi connectivity index (χ2v) is 4.00. The average Bonchev–Trinajstić information content (AvgIpc) is 2.22. The maximum atomic E-state index is 9.78. The molecule has 12 heavy (non-hydrogen) atoms. The van der Waals surface area contributed by atoms with Gasteiger partial charge in [0.2, 0.25) is 0 Å². The first-order chi connectivity index (χ1) is 5.41. The number of aliphatic hydroxyl groups is 2. The first-order valence-electron chi connectivity index (χ1n) is 4.13. The van der Waals surface area contributed by atoms with Gasteiger partial charge in [-0.05, 0) is 20.8 Å². The molecule has 0 aliphatic carbocycles. The first kappa shape index (κ1) is 8.44. The van der Waals surface area contributed by atoms with Crippen LogP contribution in [0.25, 0.3) is 0 Å². The van der Waals surface area contributed by atoms with Crippen molar-refractivity contribution in [1.29, 1.82) is 0 Å². The molecule has 4 heteroatoms. The summed E-state index contributed by atoms with van der Waals surface area (Å²) in [6.45, 7) is 5.25. The van der Waals surface area contributed by atoms with E-state index in [1.54, 1.807) is 13.8 Å². The maximum Gasteiger partial charge on any atom is 0.187 e. The summed E-state index contributed by atoms with van der Waals surface area (Å²) in [5.41, 5.74) is -1.71. The molecule has 2 heterocycles. The first-order valence-corrected chi connectivity index (χ1v) is 4.13. The molecule has 2 fully saturated rings. The van der Waals surface area contributed by atoms with E-state index in [0.717, 1.165) is 0 Å². The van der Waals surface area contributed by atoms with E-state index >= 15 is 0 Å². The fourth-order valence-electron chi connectivity index (χ4n) is 2.06. The summed E-state index contributed by atoms with van der Waals surface area (Å²) in [5.74, 6) is 0. The number of rotatable bonds is 0.